The van der Waals surface area contributed by atoms with Gasteiger partial charge in [0.25, 0.3) is 0 Å². The van der Waals surface area contributed by atoms with Crippen molar-refractivity contribution < 1.29 is 13.2 Å². The maximum Gasteiger partial charge on any atom is 0.167 e. The van der Waals surface area contributed by atoms with Gasteiger partial charge in [-0.1, -0.05) is 0 Å². The Hall–Kier alpha value is -2.38. The van der Waals surface area contributed by atoms with Crippen LogP contribution < -0.4 is 16.0 Å². The highest BCUT2D eigenvalue weighted by atomic mass is 32.2. The van der Waals surface area contributed by atoms with E-state index in [1.165, 1.54) is 6.26 Å². The van der Waals surface area contributed by atoms with E-state index in [0.29, 0.717) is 37.9 Å². The molecular weight excluding hydrogens is 486 g/mol. The van der Waals surface area contributed by atoms with Crippen LogP contribution in [0.1, 0.15) is 18.7 Å². The summed E-state index contributed by atoms with van der Waals surface area (Å²) in [5.74, 6) is 1.91. The largest absolute Gasteiger partial charge is 0.384 e. The number of aromatic nitrogens is 3. The molecule has 12 heteroatoms. The fourth-order valence-corrected chi connectivity index (χ4v) is 6.87. The molecule has 0 bridgehead atoms. The van der Waals surface area contributed by atoms with Crippen LogP contribution >= 0.6 is 11.3 Å². The number of nitrogens with two attached hydrogens (primary N) is 1. The number of rotatable bonds is 5. The molecule has 0 spiro atoms. The third-order valence-corrected chi connectivity index (χ3v) is 10.00. The molecule has 0 saturated carbocycles. The number of pyridine rings is 1. The van der Waals surface area contributed by atoms with Crippen LogP contribution in [-0.4, -0.2) is 84.8 Å². The lowest BCUT2D eigenvalue weighted by Gasteiger charge is -2.47. The van der Waals surface area contributed by atoms with E-state index in [4.69, 9.17) is 20.4 Å². The molecular formula is C23H31N7O3S2. The molecule has 3 N–H and O–H groups in total. The minimum Gasteiger partial charge on any atom is -0.384 e. The minimum atomic E-state index is -3.33. The quantitative estimate of drug-likeness (QED) is 0.516. The lowest BCUT2D eigenvalue weighted by Crippen LogP contribution is -2.66. The zero-order valence-corrected chi connectivity index (χ0v) is 21.8. The van der Waals surface area contributed by atoms with Gasteiger partial charge in [0.05, 0.1) is 23.4 Å². The number of hydrogen-bond donors (Lipinski definition) is 2. The molecule has 0 radical (unpaired) electrons. The van der Waals surface area contributed by atoms with Gasteiger partial charge in [0.1, 0.15) is 10.7 Å². The van der Waals surface area contributed by atoms with Gasteiger partial charge in [-0.05, 0) is 32.0 Å². The maximum atomic E-state index is 12.8. The molecule has 0 aromatic carbocycles. The number of nitrogens with zero attached hydrogens (tertiary/aromatic N) is 5. The molecule has 5 rings (SSSR count). The van der Waals surface area contributed by atoms with Crippen LogP contribution in [0.25, 0.3) is 21.6 Å². The van der Waals surface area contributed by atoms with Crippen molar-refractivity contribution in [3.8, 4) is 11.4 Å². The number of piperazine rings is 1. The number of fused-ring (bicyclic) bond motifs is 1. The number of nitrogen functional groups attached to an aromatic ring is 1. The van der Waals surface area contributed by atoms with Gasteiger partial charge in [0, 0.05) is 61.7 Å². The van der Waals surface area contributed by atoms with Crippen LogP contribution in [0.5, 0.6) is 0 Å². The molecule has 10 nitrogen and oxygen atoms in total. The van der Waals surface area contributed by atoms with E-state index in [0.717, 1.165) is 46.1 Å². The van der Waals surface area contributed by atoms with Crippen molar-refractivity contribution in [3.63, 3.8) is 0 Å². The summed E-state index contributed by atoms with van der Waals surface area (Å²) in [5, 5.41) is 3.28. The molecule has 0 unspecified atom stereocenters. The highest BCUT2D eigenvalue weighted by Gasteiger charge is 2.46. The average Bonchev–Trinajstić information content (AvgIpc) is 3.24. The molecule has 188 valence electrons. The molecule has 3 aromatic heterocycles. The number of nitrogens with one attached hydrogen (secondary N) is 1. The fraction of sp³-hybridized carbons (Fsp3) is 0.522. The number of anilines is 2. The summed E-state index contributed by atoms with van der Waals surface area (Å²) in [7, 11) is -3.33. The highest BCUT2D eigenvalue weighted by Crippen LogP contribution is 2.37. The van der Waals surface area contributed by atoms with Crippen LogP contribution in [0, 0.1) is 0 Å². The Morgan fingerprint density at radius 2 is 2.06 bits per heavy atom. The zero-order valence-electron chi connectivity index (χ0n) is 20.2. The first-order valence-corrected chi connectivity index (χ1v) is 14.4. The maximum absolute atomic E-state index is 12.8. The lowest BCUT2D eigenvalue weighted by molar-refractivity contribution is 0.0804. The third-order valence-electron chi connectivity index (χ3n) is 6.92. The summed E-state index contributed by atoms with van der Waals surface area (Å²) in [6.45, 7) is 8.32. The van der Waals surface area contributed by atoms with E-state index in [1.807, 2.05) is 13.0 Å². The van der Waals surface area contributed by atoms with Gasteiger partial charge < -0.3 is 20.7 Å². The number of sulfone groups is 1. The van der Waals surface area contributed by atoms with Gasteiger partial charge in [0.2, 0.25) is 0 Å². The predicted molar refractivity (Wildman–Crippen MR) is 139 cm³/mol. The number of morpholine rings is 1. The number of thiophene rings is 1. The Morgan fingerprint density at radius 3 is 2.74 bits per heavy atom. The Labute approximate surface area is 209 Å². The van der Waals surface area contributed by atoms with Crippen molar-refractivity contribution in [2.45, 2.75) is 31.3 Å². The van der Waals surface area contributed by atoms with Crippen molar-refractivity contribution in [2.24, 2.45) is 0 Å². The van der Waals surface area contributed by atoms with Gasteiger partial charge in [-0.2, -0.15) is 0 Å². The SMILES string of the molecule is C[C@H]1CNC[C@@](C)(S(C)(=O)=O)N1Cc1cc2nc(-c3ccc(N)nc3)nc(N3CCOCC3)c2s1. The van der Waals surface area contributed by atoms with E-state index < -0.39 is 14.7 Å². The first kappa shape index (κ1) is 24.3. The van der Waals surface area contributed by atoms with Crippen molar-refractivity contribution >= 4 is 43.0 Å². The topological polar surface area (TPSA) is 127 Å². The molecule has 35 heavy (non-hydrogen) atoms. The van der Waals surface area contributed by atoms with Crippen LogP contribution in [0.3, 0.4) is 0 Å². The molecule has 2 aliphatic heterocycles. The summed E-state index contributed by atoms with van der Waals surface area (Å²) >= 11 is 1.63. The van der Waals surface area contributed by atoms with Crippen LogP contribution in [0.2, 0.25) is 0 Å². The minimum absolute atomic E-state index is 0.0647. The second kappa shape index (κ2) is 9.25. The van der Waals surface area contributed by atoms with Gasteiger partial charge >= 0.3 is 0 Å². The highest BCUT2D eigenvalue weighted by molar-refractivity contribution is 7.92. The van der Waals surface area contributed by atoms with Crippen molar-refractivity contribution in [1.82, 2.24) is 25.2 Å². The van der Waals surface area contributed by atoms with Crippen molar-refractivity contribution in [1.29, 1.82) is 0 Å². The molecule has 5 heterocycles. The standard InChI is InChI=1S/C23H31N7O3S2/c1-15-11-25-14-23(2,35(3,31)32)30(15)13-17-10-18-20(34-17)22(29-6-8-33-9-7-29)28-21(27-18)16-4-5-19(24)26-12-16/h4-5,10,12,15,25H,6-9,11,13-14H2,1-3H3,(H2,24,26)/t15-,23+/m0/s1. The first-order chi connectivity index (χ1) is 16.7. The van der Waals surface area contributed by atoms with Crippen LogP contribution in [0.15, 0.2) is 24.4 Å². The van der Waals surface area contributed by atoms with E-state index in [9.17, 15) is 8.42 Å². The third kappa shape index (κ3) is 4.60. The summed E-state index contributed by atoms with van der Waals surface area (Å²) in [5.41, 5.74) is 7.41. The van der Waals surface area contributed by atoms with Crippen molar-refractivity contribution in [3.05, 3.63) is 29.3 Å². The molecule has 2 aliphatic rings. The zero-order chi connectivity index (χ0) is 24.8. The molecule has 0 aliphatic carbocycles. The molecule has 0 amide bonds. The smallest absolute Gasteiger partial charge is 0.167 e. The number of hydrogen-bond acceptors (Lipinski definition) is 11. The molecule has 3 aromatic rings. The fourth-order valence-electron chi connectivity index (χ4n) is 4.72. The Balaban J connectivity index is 1.58. The lowest BCUT2D eigenvalue weighted by atomic mass is 10.1. The molecule has 2 saturated heterocycles. The monoisotopic (exact) mass is 517 g/mol. The average molecular weight is 518 g/mol. The first-order valence-electron chi connectivity index (χ1n) is 11.7. The second-order valence-corrected chi connectivity index (χ2v) is 13.0. The van der Waals surface area contributed by atoms with Gasteiger partial charge in [-0.25, -0.2) is 23.4 Å². The summed E-state index contributed by atoms with van der Waals surface area (Å²) < 4.78 is 32.1. The second-order valence-electron chi connectivity index (χ2n) is 9.42. The van der Waals surface area contributed by atoms with Gasteiger partial charge in [-0.15, -0.1) is 11.3 Å². The van der Waals surface area contributed by atoms with Crippen LogP contribution in [-0.2, 0) is 21.1 Å². The Kier molecular flexibility index (Phi) is 6.43. The van der Waals surface area contributed by atoms with E-state index in [1.54, 1.807) is 23.6 Å². The number of ether oxygens (including phenoxy) is 1. The summed E-state index contributed by atoms with van der Waals surface area (Å²) in [6, 6.07) is 5.75. The van der Waals surface area contributed by atoms with Gasteiger partial charge in [0.15, 0.2) is 21.5 Å². The Morgan fingerprint density at radius 1 is 1.29 bits per heavy atom. The molecule has 2 fully saturated rings. The normalized spacial score (nSPS) is 24.2. The van der Waals surface area contributed by atoms with Crippen molar-refractivity contribution in [2.75, 3.05) is 56.3 Å². The Bertz CT molecular complexity index is 1320. The molecule has 2 atom stereocenters. The summed E-state index contributed by atoms with van der Waals surface area (Å²) in [6.07, 6.45) is 3.01. The summed E-state index contributed by atoms with van der Waals surface area (Å²) in [4.78, 5) is 18.4. The van der Waals surface area contributed by atoms with E-state index in [2.05, 4.69) is 33.1 Å². The van der Waals surface area contributed by atoms with Gasteiger partial charge in [-0.3, -0.25) is 4.90 Å². The van der Waals surface area contributed by atoms with E-state index >= 15 is 0 Å². The van der Waals surface area contributed by atoms with Crippen LogP contribution in [0.4, 0.5) is 11.6 Å². The van der Waals surface area contributed by atoms with E-state index in [-0.39, 0.29) is 6.04 Å². The predicted octanol–water partition coefficient (Wildman–Crippen LogP) is 1.73.